The molecule has 3 aromatic rings. The summed E-state index contributed by atoms with van der Waals surface area (Å²) in [4.78, 5) is 10.8. The molecule has 8 heteroatoms. The van der Waals surface area contributed by atoms with E-state index in [1.807, 2.05) is 0 Å². The number of aromatic nitrogens is 2. The number of hydrogen-bond donors (Lipinski definition) is 3. The van der Waals surface area contributed by atoms with Crippen molar-refractivity contribution in [2.24, 2.45) is 0 Å². The Labute approximate surface area is 125 Å². The summed E-state index contributed by atoms with van der Waals surface area (Å²) in [6.07, 6.45) is 1.59. The quantitative estimate of drug-likeness (QED) is 0.682. The standard InChI is InChI=1S/C14H11N3O4S/c18-14(19)9-4-6-11(7-5-9)22(20,21)17-12-3-1-2-10-8-15-16-13(10)12/h1-8,17H,(H,15,16)(H,18,19). The molecule has 3 N–H and O–H groups in total. The van der Waals surface area contributed by atoms with Crippen LogP contribution < -0.4 is 4.72 Å². The number of sulfonamides is 1. The largest absolute Gasteiger partial charge is 0.478 e. The molecular weight excluding hydrogens is 306 g/mol. The third-order valence-corrected chi connectivity index (χ3v) is 4.51. The van der Waals surface area contributed by atoms with Crippen LogP contribution in [0.5, 0.6) is 0 Å². The molecule has 0 aliphatic carbocycles. The molecule has 0 amide bonds. The van der Waals surface area contributed by atoms with Crippen LogP contribution in [-0.4, -0.2) is 29.7 Å². The molecule has 0 atom stereocenters. The number of aromatic carboxylic acids is 1. The number of H-pyrrole nitrogens is 1. The molecule has 0 radical (unpaired) electrons. The van der Waals surface area contributed by atoms with Crippen LogP contribution in [0, 0.1) is 0 Å². The second-order valence-electron chi connectivity index (χ2n) is 4.57. The topological polar surface area (TPSA) is 112 Å². The lowest BCUT2D eigenvalue weighted by Crippen LogP contribution is -2.13. The van der Waals surface area contributed by atoms with Crippen molar-refractivity contribution in [2.75, 3.05) is 4.72 Å². The lowest BCUT2D eigenvalue weighted by molar-refractivity contribution is 0.0696. The summed E-state index contributed by atoms with van der Waals surface area (Å²) >= 11 is 0. The molecular formula is C14H11N3O4S. The highest BCUT2D eigenvalue weighted by molar-refractivity contribution is 7.92. The summed E-state index contributed by atoms with van der Waals surface area (Å²) in [5.41, 5.74) is 0.972. The molecule has 0 saturated heterocycles. The van der Waals surface area contributed by atoms with E-state index in [4.69, 9.17) is 5.11 Å². The Balaban J connectivity index is 1.96. The highest BCUT2D eigenvalue weighted by atomic mass is 32.2. The number of fused-ring (bicyclic) bond motifs is 1. The molecule has 3 rings (SSSR count). The Morgan fingerprint density at radius 2 is 1.86 bits per heavy atom. The fraction of sp³-hybridized carbons (Fsp3) is 0. The van der Waals surface area contributed by atoms with Gasteiger partial charge in [0.1, 0.15) is 0 Å². The molecule has 0 aliphatic heterocycles. The lowest BCUT2D eigenvalue weighted by atomic mass is 10.2. The number of para-hydroxylation sites is 1. The molecule has 22 heavy (non-hydrogen) atoms. The first kappa shape index (κ1) is 14.1. The summed E-state index contributed by atoms with van der Waals surface area (Å²) in [6.45, 7) is 0. The minimum Gasteiger partial charge on any atom is -0.478 e. The van der Waals surface area contributed by atoms with Crippen LogP contribution in [0.4, 0.5) is 5.69 Å². The van der Waals surface area contributed by atoms with Gasteiger partial charge in [-0.15, -0.1) is 0 Å². The minimum absolute atomic E-state index is 0.0194. The van der Waals surface area contributed by atoms with E-state index >= 15 is 0 Å². The number of carbonyl (C=O) groups is 1. The van der Waals surface area contributed by atoms with E-state index < -0.39 is 16.0 Å². The van der Waals surface area contributed by atoms with Crippen molar-refractivity contribution >= 4 is 32.6 Å². The highest BCUT2D eigenvalue weighted by Gasteiger charge is 2.16. The minimum atomic E-state index is -3.82. The second kappa shape index (κ2) is 5.15. The number of nitrogens with zero attached hydrogens (tertiary/aromatic N) is 1. The van der Waals surface area contributed by atoms with Crippen molar-refractivity contribution < 1.29 is 18.3 Å². The van der Waals surface area contributed by atoms with Crippen LogP contribution in [-0.2, 0) is 10.0 Å². The number of hydrogen-bond acceptors (Lipinski definition) is 4. The average Bonchev–Trinajstić information content (AvgIpc) is 2.96. The van der Waals surface area contributed by atoms with E-state index in [1.54, 1.807) is 24.4 Å². The Hall–Kier alpha value is -2.87. The van der Waals surface area contributed by atoms with Gasteiger partial charge < -0.3 is 5.11 Å². The van der Waals surface area contributed by atoms with Crippen molar-refractivity contribution in [3.63, 3.8) is 0 Å². The van der Waals surface area contributed by atoms with Gasteiger partial charge in [0.2, 0.25) is 0 Å². The highest BCUT2D eigenvalue weighted by Crippen LogP contribution is 2.23. The second-order valence-corrected chi connectivity index (χ2v) is 6.26. The van der Waals surface area contributed by atoms with Crippen molar-refractivity contribution in [3.8, 4) is 0 Å². The number of anilines is 1. The SMILES string of the molecule is O=C(O)c1ccc(S(=O)(=O)Nc2cccc3cn[nH]c23)cc1. The van der Waals surface area contributed by atoms with Gasteiger partial charge in [0.25, 0.3) is 10.0 Å². The Bertz CT molecular complexity index is 946. The van der Waals surface area contributed by atoms with Crippen LogP contribution in [0.3, 0.4) is 0 Å². The molecule has 0 fully saturated rings. The maximum Gasteiger partial charge on any atom is 0.335 e. The summed E-state index contributed by atoms with van der Waals surface area (Å²) in [6, 6.07) is 10.1. The first-order valence-corrected chi connectivity index (χ1v) is 7.74. The number of nitrogens with one attached hydrogen (secondary N) is 2. The van der Waals surface area contributed by atoms with Crippen LogP contribution in [0.1, 0.15) is 10.4 Å². The van der Waals surface area contributed by atoms with Gasteiger partial charge in [-0.1, -0.05) is 12.1 Å². The smallest absolute Gasteiger partial charge is 0.335 e. The Morgan fingerprint density at radius 3 is 2.55 bits per heavy atom. The van der Waals surface area contributed by atoms with E-state index in [9.17, 15) is 13.2 Å². The maximum atomic E-state index is 12.4. The van der Waals surface area contributed by atoms with Gasteiger partial charge in [-0.3, -0.25) is 9.82 Å². The first-order chi connectivity index (χ1) is 10.5. The van der Waals surface area contributed by atoms with Crippen LogP contribution in [0.15, 0.2) is 53.6 Å². The number of benzene rings is 2. The molecule has 7 nitrogen and oxygen atoms in total. The Morgan fingerprint density at radius 1 is 1.14 bits per heavy atom. The molecule has 2 aromatic carbocycles. The van der Waals surface area contributed by atoms with Crippen LogP contribution >= 0.6 is 0 Å². The van der Waals surface area contributed by atoms with E-state index in [0.29, 0.717) is 11.2 Å². The third kappa shape index (κ3) is 2.51. The van der Waals surface area contributed by atoms with Gasteiger partial charge in [-0.25, -0.2) is 13.2 Å². The molecule has 0 spiro atoms. The fourth-order valence-electron chi connectivity index (χ4n) is 2.03. The van der Waals surface area contributed by atoms with Gasteiger partial charge in [0.15, 0.2) is 0 Å². The summed E-state index contributed by atoms with van der Waals surface area (Å²) < 4.78 is 27.2. The van der Waals surface area contributed by atoms with Crippen molar-refractivity contribution in [1.29, 1.82) is 0 Å². The van der Waals surface area contributed by atoms with Gasteiger partial charge in [-0.2, -0.15) is 5.10 Å². The van der Waals surface area contributed by atoms with Crippen LogP contribution in [0.25, 0.3) is 10.9 Å². The van der Waals surface area contributed by atoms with Crippen LogP contribution in [0.2, 0.25) is 0 Å². The molecule has 1 aromatic heterocycles. The fourth-order valence-corrected chi connectivity index (χ4v) is 3.11. The molecule has 0 unspecified atom stereocenters. The summed E-state index contributed by atoms with van der Waals surface area (Å²) in [7, 11) is -3.82. The average molecular weight is 317 g/mol. The van der Waals surface area contributed by atoms with E-state index in [0.717, 1.165) is 5.39 Å². The monoisotopic (exact) mass is 317 g/mol. The zero-order chi connectivity index (χ0) is 15.7. The van der Waals surface area contributed by atoms with E-state index in [-0.39, 0.29) is 10.5 Å². The maximum absolute atomic E-state index is 12.4. The molecule has 1 heterocycles. The number of carboxylic acids is 1. The molecule has 112 valence electrons. The summed E-state index contributed by atoms with van der Waals surface area (Å²) in [5.74, 6) is -1.11. The van der Waals surface area contributed by atoms with Crippen molar-refractivity contribution in [2.45, 2.75) is 4.90 Å². The zero-order valence-electron chi connectivity index (χ0n) is 11.1. The van der Waals surface area contributed by atoms with Crippen molar-refractivity contribution in [3.05, 3.63) is 54.2 Å². The Kier molecular flexibility index (Phi) is 3.30. The molecule has 0 aliphatic rings. The van der Waals surface area contributed by atoms with Gasteiger partial charge >= 0.3 is 5.97 Å². The lowest BCUT2D eigenvalue weighted by Gasteiger charge is -2.09. The van der Waals surface area contributed by atoms with Gasteiger partial charge in [-0.05, 0) is 30.3 Å². The zero-order valence-corrected chi connectivity index (χ0v) is 12.0. The number of carboxylic acid groups (broad SMARTS) is 1. The normalized spacial score (nSPS) is 11.5. The third-order valence-electron chi connectivity index (χ3n) is 3.13. The number of rotatable bonds is 4. The molecule has 0 saturated carbocycles. The number of aromatic amines is 1. The van der Waals surface area contributed by atoms with Crippen molar-refractivity contribution in [1.82, 2.24) is 10.2 Å². The first-order valence-electron chi connectivity index (χ1n) is 6.26. The molecule has 0 bridgehead atoms. The van der Waals surface area contributed by atoms with E-state index in [2.05, 4.69) is 14.9 Å². The van der Waals surface area contributed by atoms with Gasteiger partial charge in [0, 0.05) is 5.39 Å². The predicted molar refractivity (Wildman–Crippen MR) is 80.3 cm³/mol. The van der Waals surface area contributed by atoms with E-state index in [1.165, 1.54) is 24.3 Å². The summed E-state index contributed by atoms with van der Waals surface area (Å²) in [5, 5.41) is 16.2. The predicted octanol–water partition coefficient (Wildman–Crippen LogP) is 2.06. The van der Waals surface area contributed by atoms with Gasteiger partial charge in [0.05, 0.1) is 27.9 Å².